The van der Waals surface area contributed by atoms with Gasteiger partial charge in [-0.15, -0.1) is 0 Å². The molecular formula is C31H26F3N3O4. The van der Waals surface area contributed by atoms with Crippen molar-refractivity contribution in [1.82, 2.24) is 14.5 Å². The Labute approximate surface area is 233 Å². The van der Waals surface area contributed by atoms with E-state index in [0.29, 0.717) is 46.9 Å². The number of carbonyl (C=O) groups is 1. The zero-order valence-electron chi connectivity index (χ0n) is 22.3. The molecule has 41 heavy (non-hydrogen) atoms. The highest BCUT2D eigenvalue weighted by atomic mass is 19.1. The second-order valence-electron chi connectivity index (χ2n) is 9.53. The van der Waals surface area contributed by atoms with Crippen LogP contribution in [0.25, 0.3) is 22.3 Å². The third-order valence-corrected chi connectivity index (χ3v) is 6.67. The highest BCUT2D eigenvalue weighted by molar-refractivity contribution is 5.93. The number of carboxylic acid groups (broad SMARTS) is 1. The van der Waals surface area contributed by atoms with E-state index in [1.807, 2.05) is 0 Å². The number of aryl methyl sites for hydroxylation is 1. The average molecular weight is 562 g/mol. The second kappa shape index (κ2) is 11.8. The summed E-state index contributed by atoms with van der Waals surface area (Å²) >= 11 is 0. The number of rotatable bonds is 10. The minimum atomic E-state index is -1.39. The van der Waals surface area contributed by atoms with Crippen LogP contribution >= 0.6 is 0 Å². The molecule has 0 saturated carbocycles. The third-order valence-electron chi connectivity index (χ3n) is 6.67. The summed E-state index contributed by atoms with van der Waals surface area (Å²) in [5.74, 6) is -2.44. The van der Waals surface area contributed by atoms with Crippen LogP contribution in [0, 0.1) is 24.4 Å². The lowest BCUT2D eigenvalue weighted by atomic mass is 10.1. The number of fused-ring (bicyclic) bond motifs is 1. The molecule has 7 nitrogen and oxygen atoms in total. The summed E-state index contributed by atoms with van der Waals surface area (Å²) in [5, 5.41) is 9.34. The first-order chi connectivity index (χ1) is 19.7. The number of benzene rings is 3. The van der Waals surface area contributed by atoms with Gasteiger partial charge in [-0.1, -0.05) is 30.3 Å². The van der Waals surface area contributed by atoms with E-state index in [9.17, 15) is 18.7 Å². The van der Waals surface area contributed by atoms with Crippen LogP contribution in [-0.4, -0.2) is 39.3 Å². The minimum absolute atomic E-state index is 0.00219. The largest absolute Gasteiger partial charge is 0.478 e. The first-order valence-corrected chi connectivity index (χ1v) is 12.8. The van der Waals surface area contributed by atoms with Crippen LogP contribution in [0.3, 0.4) is 0 Å². The van der Waals surface area contributed by atoms with E-state index in [4.69, 9.17) is 9.47 Å². The summed E-state index contributed by atoms with van der Waals surface area (Å²) in [7, 11) is 1.52. The normalized spacial score (nSPS) is 11.2. The lowest BCUT2D eigenvalue weighted by Crippen LogP contribution is -2.10. The van der Waals surface area contributed by atoms with Gasteiger partial charge in [-0.25, -0.2) is 27.9 Å². The van der Waals surface area contributed by atoms with Gasteiger partial charge in [-0.05, 0) is 42.3 Å². The van der Waals surface area contributed by atoms with Gasteiger partial charge in [0.15, 0.2) is 0 Å². The van der Waals surface area contributed by atoms with Crippen molar-refractivity contribution in [2.24, 2.45) is 0 Å². The van der Waals surface area contributed by atoms with Gasteiger partial charge in [0, 0.05) is 43.3 Å². The minimum Gasteiger partial charge on any atom is -0.478 e. The molecule has 0 spiro atoms. The van der Waals surface area contributed by atoms with Gasteiger partial charge in [0.2, 0.25) is 5.88 Å². The van der Waals surface area contributed by atoms with Gasteiger partial charge in [-0.2, -0.15) is 0 Å². The maximum Gasteiger partial charge on any atom is 0.338 e. The smallest absolute Gasteiger partial charge is 0.338 e. The molecule has 2 heterocycles. The van der Waals surface area contributed by atoms with Crippen LogP contribution in [0.5, 0.6) is 5.88 Å². The number of pyridine rings is 1. The van der Waals surface area contributed by atoms with E-state index >= 15 is 4.39 Å². The molecule has 0 atom stereocenters. The number of nitrogens with zero attached hydrogens (tertiary/aromatic N) is 3. The zero-order chi connectivity index (χ0) is 29.1. The molecule has 2 aromatic heterocycles. The predicted molar refractivity (Wildman–Crippen MR) is 146 cm³/mol. The maximum absolute atomic E-state index is 15.3. The molecule has 0 bridgehead atoms. The van der Waals surface area contributed by atoms with Crippen LogP contribution < -0.4 is 4.74 Å². The number of halogens is 3. The second-order valence-corrected chi connectivity index (χ2v) is 9.53. The Hall–Kier alpha value is -4.70. The summed E-state index contributed by atoms with van der Waals surface area (Å²) in [4.78, 5) is 20.4. The summed E-state index contributed by atoms with van der Waals surface area (Å²) in [6.07, 6.45) is 0.0766. The van der Waals surface area contributed by atoms with Gasteiger partial charge in [0.1, 0.15) is 29.9 Å². The number of aromatic nitrogens is 3. The molecule has 0 aliphatic heterocycles. The van der Waals surface area contributed by atoms with E-state index in [1.54, 1.807) is 54.0 Å². The van der Waals surface area contributed by atoms with Crippen LogP contribution in [0.4, 0.5) is 13.2 Å². The maximum atomic E-state index is 15.3. The average Bonchev–Trinajstić information content (AvgIpc) is 3.27. The van der Waals surface area contributed by atoms with Gasteiger partial charge in [-0.3, -0.25) is 0 Å². The number of imidazole rings is 1. The first-order valence-electron chi connectivity index (χ1n) is 12.8. The highest BCUT2D eigenvalue weighted by Crippen LogP contribution is 2.26. The van der Waals surface area contributed by atoms with Gasteiger partial charge in [0.05, 0.1) is 28.9 Å². The van der Waals surface area contributed by atoms with E-state index in [0.717, 1.165) is 11.6 Å². The molecule has 10 heteroatoms. The molecule has 1 N–H and O–H groups in total. The van der Waals surface area contributed by atoms with E-state index < -0.39 is 23.2 Å². The molecule has 0 saturated heterocycles. The van der Waals surface area contributed by atoms with Gasteiger partial charge < -0.3 is 19.1 Å². The van der Waals surface area contributed by atoms with Crippen molar-refractivity contribution in [3.63, 3.8) is 0 Å². The third kappa shape index (κ3) is 6.07. The zero-order valence-corrected chi connectivity index (χ0v) is 22.3. The summed E-state index contributed by atoms with van der Waals surface area (Å²) in [6.45, 7) is 2.41. The van der Waals surface area contributed by atoms with Crippen molar-refractivity contribution in [1.29, 1.82) is 0 Å². The SMILES string of the molecule is COCCn1c(Cc2ccc(-c3cccc(OCc4ccc(C)cc4F)n3)cc2F)nc2cc(F)c(C(=O)O)cc21. The molecule has 5 rings (SSSR count). The number of methoxy groups -OCH3 is 1. The Bertz CT molecular complexity index is 1750. The Morgan fingerprint density at radius 1 is 0.927 bits per heavy atom. The fourth-order valence-corrected chi connectivity index (χ4v) is 4.52. The molecule has 3 aromatic carbocycles. The van der Waals surface area contributed by atoms with Crippen molar-refractivity contribution in [2.75, 3.05) is 13.7 Å². The van der Waals surface area contributed by atoms with Crippen LogP contribution in [-0.2, 0) is 24.3 Å². The Morgan fingerprint density at radius 3 is 2.44 bits per heavy atom. The number of aromatic carboxylic acids is 1. The number of carboxylic acids is 1. The summed E-state index contributed by atoms with van der Waals surface area (Å²) in [6, 6.07) is 17.0. The molecule has 0 fully saturated rings. The summed E-state index contributed by atoms with van der Waals surface area (Å²) in [5.41, 5.74) is 2.74. The van der Waals surface area contributed by atoms with Crippen LogP contribution in [0.15, 0.2) is 66.7 Å². The Balaban J connectivity index is 1.39. The summed E-state index contributed by atoms with van der Waals surface area (Å²) < 4.78 is 56.4. The van der Waals surface area contributed by atoms with Crippen molar-refractivity contribution in [3.8, 4) is 17.1 Å². The lowest BCUT2D eigenvalue weighted by molar-refractivity contribution is 0.0692. The molecule has 0 amide bonds. The molecule has 0 aliphatic rings. The van der Waals surface area contributed by atoms with Gasteiger partial charge >= 0.3 is 5.97 Å². The number of hydrogen-bond donors (Lipinski definition) is 1. The molecule has 0 unspecified atom stereocenters. The Morgan fingerprint density at radius 2 is 1.71 bits per heavy atom. The fraction of sp³-hybridized carbons (Fsp3) is 0.194. The molecule has 0 aliphatic carbocycles. The molecular weight excluding hydrogens is 535 g/mol. The standard InChI is InChI=1S/C31H26F3N3O4/c1-18-6-7-21(23(32)12-18)17-41-30-5-3-4-26(36-30)20-9-8-19(24(33)13-20)14-29-35-27-16-25(34)22(31(38)39)15-28(27)37(29)10-11-40-2/h3-9,12-13,15-16H,10-11,14,17H2,1-2H3,(H,38,39). The van der Waals surface area contributed by atoms with Gasteiger partial charge in [0.25, 0.3) is 0 Å². The predicted octanol–water partition coefficient (Wildman–Crippen LogP) is 6.34. The van der Waals surface area contributed by atoms with Crippen molar-refractivity contribution in [2.45, 2.75) is 26.5 Å². The van der Waals surface area contributed by atoms with Crippen LogP contribution in [0.2, 0.25) is 0 Å². The number of hydrogen-bond acceptors (Lipinski definition) is 5. The van der Waals surface area contributed by atoms with E-state index in [-0.39, 0.29) is 30.2 Å². The van der Waals surface area contributed by atoms with Crippen molar-refractivity contribution in [3.05, 3.63) is 112 Å². The fourth-order valence-electron chi connectivity index (χ4n) is 4.52. The van der Waals surface area contributed by atoms with Crippen molar-refractivity contribution >= 4 is 17.0 Å². The molecule has 210 valence electrons. The first kappa shape index (κ1) is 27.9. The Kier molecular flexibility index (Phi) is 8.02. The van der Waals surface area contributed by atoms with E-state index in [1.165, 1.54) is 25.3 Å². The van der Waals surface area contributed by atoms with Crippen LogP contribution in [0.1, 0.15) is 32.9 Å². The molecule has 0 radical (unpaired) electrons. The monoisotopic (exact) mass is 561 g/mol. The molecule has 5 aromatic rings. The van der Waals surface area contributed by atoms with Crippen molar-refractivity contribution < 1.29 is 32.5 Å². The lowest BCUT2D eigenvalue weighted by Gasteiger charge is -2.11. The number of ether oxygens (including phenoxy) is 2. The topological polar surface area (TPSA) is 86.5 Å². The quantitative estimate of drug-likeness (QED) is 0.214. The highest BCUT2D eigenvalue weighted by Gasteiger charge is 2.19. The van der Waals surface area contributed by atoms with E-state index in [2.05, 4.69) is 9.97 Å².